The van der Waals surface area contributed by atoms with Crippen molar-refractivity contribution in [2.45, 2.75) is 12.3 Å². The molecule has 0 aromatic heterocycles. The Bertz CT molecular complexity index is 375. The summed E-state index contributed by atoms with van der Waals surface area (Å²) in [6.45, 7) is 1.74. The zero-order valence-electron chi connectivity index (χ0n) is 7.76. The van der Waals surface area contributed by atoms with Crippen LogP contribution >= 0.6 is 0 Å². The van der Waals surface area contributed by atoms with Crippen LogP contribution in [-0.2, 0) is 0 Å². The number of benzene rings is 1. The summed E-state index contributed by atoms with van der Waals surface area (Å²) < 4.78 is 13.4. The van der Waals surface area contributed by atoms with Crippen LogP contribution in [0.15, 0.2) is 18.2 Å². The number of hydrogen-bond acceptors (Lipinski definition) is 2. The molecule has 1 unspecified atom stereocenters. The van der Waals surface area contributed by atoms with Crippen LogP contribution in [-0.4, -0.2) is 13.1 Å². The molecule has 1 aliphatic heterocycles. The van der Waals surface area contributed by atoms with E-state index in [1.165, 1.54) is 12.1 Å². The number of nitrogens with one attached hydrogen (secondary N) is 1. The minimum absolute atomic E-state index is 0.197. The van der Waals surface area contributed by atoms with E-state index in [-0.39, 0.29) is 11.7 Å². The third-order valence-corrected chi connectivity index (χ3v) is 2.63. The van der Waals surface area contributed by atoms with Gasteiger partial charge in [0.05, 0.1) is 11.6 Å². The molecule has 14 heavy (non-hydrogen) atoms. The molecular weight excluding hydrogens is 179 g/mol. The molecule has 1 N–H and O–H groups in total. The Kier molecular flexibility index (Phi) is 2.47. The molecule has 3 heteroatoms. The highest BCUT2D eigenvalue weighted by Crippen LogP contribution is 2.25. The zero-order valence-corrected chi connectivity index (χ0v) is 7.76. The second-order valence-electron chi connectivity index (χ2n) is 3.54. The molecule has 2 rings (SSSR count). The maximum atomic E-state index is 13.4. The van der Waals surface area contributed by atoms with Gasteiger partial charge in [-0.2, -0.15) is 5.26 Å². The molecule has 0 spiro atoms. The average molecular weight is 190 g/mol. The van der Waals surface area contributed by atoms with Crippen LogP contribution in [0, 0.1) is 17.1 Å². The lowest BCUT2D eigenvalue weighted by Gasteiger charge is -2.09. The molecule has 0 aliphatic carbocycles. The average Bonchev–Trinajstić information content (AvgIpc) is 2.71. The van der Waals surface area contributed by atoms with Crippen molar-refractivity contribution in [1.29, 1.82) is 5.26 Å². The molecule has 0 saturated carbocycles. The second-order valence-corrected chi connectivity index (χ2v) is 3.54. The minimum Gasteiger partial charge on any atom is -0.316 e. The van der Waals surface area contributed by atoms with E-state index in [4.69, 9.17) is 5.26 Å². The Hall–Kier alpha value is -1.40. The number of nitrogens with zero attached hydrogens (tertiary/aromatic N) is 1. The summed E-state index contributed by atoms with van der Waals surface area (Å²) in [5.41, 5.74) is 1.21. The smallest absolute Gasteiger partial charge is 0.126 e. The van der Waals surface area contributed by atoms with Crippen LogP contribution in [0.5, 0.6) is 0 Å². The van der Waals surface area contributed by atoms with Gasteiger partial charge in [-0.15, -0.1) is 0 Å². The van der Waals surface area contributed by atoms with Crippen LogP contribution in [0.1, 0.15) is 23.5 Å². The van der Waals surface area contributed by atoms with Crippen molar-refractivity contribution in [3.63, 3.8) is 0 Å². The molecule has 1 atom stereocenters. The maximum absolute atomic E-state index is 13.4. The fourth-order valence-corrected chi connectivity index (χ4v) is 1.85. The highest BCUT2D eigenvalue weighted by atomic mass is 19.1. The first kappa shape index (κ1) is 9.17. The number of hydrogen-bond donors (Lipinski definition) is 1. The fraction of sp³-hybridized carbons (Fsp3) is 0.364. The topological polar surface area (TPSA) is 35.8 Å². The minimum atomic E-state index is -0.197. The lowest BCUT2D eigenvalue weighted by atomic mass is 9.96. The van der Waals surface area contributed by atoms with Crippen LogP contribution in [0.3, 0.4) is 0 Å². The van der Waals surface area contributed by atoms with Crippen LogP contribution in [0.25, 0.3) is 0 Å². The molecule has 1 fully saturated rings. The van der Waals surface area contributed by atoms with Crippen LogP contribution < -0.4 is 5.32 Å². The number of halogens is 1. The third-order valence-electron chi connectivity index (χ3n) is 2.63. The first-order valence-electron chi connectivity index (χ1n) is 4.71. The third kappa shape index (κ3) is 1.61. The molecule has 2 nitrogen and oxygen atoms in total. The summed E-state index contributed by atoms with van der Waals surface area (Å²) in [6.07, 6.45) is 0.950. The highest BCUT2D eigenvalue weighted by Gasteiger charge is 2.19. The van der Waals surface area contributed by atoms with Crippen molar-refractivity contribution < 1.29 is 4.39 Å². The van der Waals surface area contributed by atoms with Crippen molar-refractivity contribution in [3.8, 4) is 6.07 Å². The fourth-order valence-electron chi connectivity index (χ4n) is 1.85. The monoisotopic (exact) mass is 190 g/mol. The summed E-state index contributed by atoms with van der Waals surface area (Å²) in [5.74, 6) is 0.0287. The molecule has 0 radical (unpaired) electrons. The van der Waals surface area contributed by atoms with E-state index in [1.54, 1.807) is 6.07 Å². The Morgan fingerprint density at radius 3 is 3.00 bits per heavy atom. The summed E-state index contributed by atoms with van der Waals surface area (Å²) in [7, 11) is 0. The molecular formula is C11H11FN2. The van der Waals surface area contributed by atoms with Crippen molar-refractivity contribution in [2.75, 3.05) is 13.1 Å². The van der Waals surface area contributed by atoms with Gasteiger partial charge in [-0.05, 0) is 36.7 Å². The molecule has 1 saturated heterocycles. The summed E-state index contributed by atoms with van der Waals surface area (Å²) in [4.78, 5) is 0. The summed E-state index contributed by atoms with van der Waals surface area (Å²) >= 11 is 0. The van der Waals surface area contributed by atoms with Gasteiger partial charge >= 0.3 is 0 Å². The summed E-state index contributed by atoms with van der Waals surface area (Å²) in [5, 5.41) is 11.9. The van der Waals surface area contributed by atoms with Gasteiger partial charge in [0.25, 0.3) is 0 Å². The Morgan fingerprint density at radius 2 is 2.36 bits per heavy atom. The van der Waals surface area contributed by atoms with Gasteiger partial charge in [-0.25, -0.2) is 4.39 Å². The van der Waals surface area contributed by atoms with Gasteiger partial charge in [0.2, 0.25) is 0 Å². The highest BCUT2D eigenvalue weighted by molar-refractivity contribution is 5.36. The second kappa shape index (κ2) is 3.77. The van der Waals surface area contributed by atoms with E-state index in [0.717, 1.165) is 19.5 Å². The molecule has 72 valence electrons. The Balaban J connectivity index is 2.35. The van der Waals surface area contributed by atoms with Gasteiger partial charge in [0.15, 0.2) is 0 Å². The number of rotatable bonds is 1. The van der Waals surface area contributed by atoms with E-state index in [1.807, 2.05) is 6.07 Å². The van der Waals surface area contributed by atoms with Crippen molar-refractivity contribution >= 4 is 0 Å². The molecule has 1 heterocycles. The quantitative estimate of drug-likeness (QED) is 0.732. The SMILES string of the molecule is N#Cc1ccc(F)c(C2CCNC2)c1. The van der Waals surface area contributed by atoms with Crippen molar-refractivity contribution in [3.05, 3.63) is 35.1 Å². The normalized spacial score (nSPS) is 20.7. The van der Waals surface area contributed by atoms with Gasteiger partial charge in [-0.3, -0.25) is 0 Å². The summed E-state index contributed by atoms with van der Waals surface area (Å²) in [6, 6.07) is 6.59. The van der Waals surface area contributed by atoms with Crippen molar-refractivity contribution in [2.24, 2.45) is 0 Å². The predicted molar refractivity (Wildman–Crippen MR) is 51.3 cm³/mol. The predicted octanol–water partition coefficient (Wildman–Crippen LogP) is 1.77. The molecule has 1 aromatic rings. The number of nitriles is 1. The Morgan fingerprint density at radius 1 is 1.50 bits per heavy atom. The molecule has 1 aromatic carbocycles. The lowest BCUT2D eigenvalue weighted by molar-refractivity contribution is 0.588. The maximum Gasteiger partial charge on any atom is 0.126 e. The Labute approximate surface area is 82.4 Å². The first-order chi connectivity index (χ1) is 6.81. The standard InChI is InChI=1S/C11H11FN2/c12-11-2-1-8(6-13)5-10(11)9-3-4-14-7-9/h1-2,5,9,14H,3-4,7H2. The molecule has 0 bridgehead atoms. The van der Waals surface area contributed by atoms with Gasteiger partial charge in [0, 0.05) is 12.5 Å². The van der Waals surface area contributed by atoms with E-state index in [0.29, 0.717) is 11.1 Å². The van der Waals surface area contributed by atoms with Crippen molar-refractivity contribution in [1.82, 2.24) is 5.32 Å². The molecule has 1 aliphatic rings. The van der Waals surface area contributed by atoms with Gasteiger partial charge in [0.1, 0.15) is 5.82 Å². The first-order valence-corrected chi connectivity index (χ1v) is 4.71. The van der Waals surface area contributed by atoms with E-state index >= 15 is 0 Å². The van der Waals surface area contributed by atoms with Gasteiger partial charge in [-0.1, -0.05) is 0 Å². The van der Waals surface area contributed by atoms with E-state index < -0.39 is 0 Å². The lowest BCUT2D eigenvalue weighted by Crippen LogP contribution is -2.09. The van der Waals surface area contributed by atoms with Gasteiger partial charge < -0.3 is 5.32 Å². The van der Waals surface area contributed by atoms with E-state index in [9.17, 15) is 4.39 Å². The molecule has 0 amide bonds. The zero-order chi connectivity index (χ0) is 9.97. The van der Waals surface area contributed by atoms with Crippen LogP contribution in [0.2, 0.25) is 0 Å². The van der Waals surface area contributed by atoms with E-state index in [2.05, 4.69) is 5.32 Å². The van der Waals surface area contributed by atoms with Crippen LogP contribution in [0.4, 0.5) is 4.39 Å². The largest absolute Gasteiger partial charge is 0.316 e.